The number of nitrogens with zero attached hydrogens (tertiary/aromatic N) is 1. The van der Waals surface area contributed by atoms with Gasteiger partial charge in [-0.15, -0.1) is 0 Å². The van der Waals surface area contributed by atoms with Crippen molar-refractivity contribution in [3.63, 3.8) is 0 Å². The van der Waals surface area contributed by atoms with E-state index in [0.29, 0.717) is 31.4 Å². The summed E-state index contributed by atoms with van der Waals surface area (Å²) in [5, 5.41) is 36.7. The number of ether oxygens (including phenoxy) is 3. The van der Waals surface area contributed by atoms with E-state index in [2.05, 4.69) is 11.5 Å². The highest BCUT2D eigenvalue weighted by molar-refractivity contribution is 5.73. The number of rotatable bonds is 5. The lowest BCUT2D eigenvalue weighted by atomic mass is 9.36. The zero-order valence-corrected chi connectivity index (χ0v) is 23.2. The Balaban J connectivity index is 1.48. The summed E-state index contributed by atoms with van der Waals surface area (Å²) in [7, 11) is 0. The lowest BCUT2D eigenvalue weighted by Gasteiger charge is -2.72. The molecule has 9 aliphatic rings. The van der Waals surface area contributed by atoms with Gasteiger partial charge in [0, 0.05) is 43.2 Å². The molecule has 9 fully saturated rings. The second-order valence-corrected chi connectivity index (χ2v) is 13.9. The van der Waals surface area contributed by atoms with Gasteiger partial charge in [-0.3, -0.25) is 19.3 Å². The minimum Gasteiger partial charge on any atom is -0.458 e. The van der Waals surface area contributed by atoms with Crippen LogP contribution in [-0.4, -0.2) is 92.4 Å². The topological polar surface area (TPSA) is 143 Å². The van der Waals surface area contributed by atoms with Crippen LogP contribution < -0.4 is 0 Å². The van der Waals surface area contributed by atoms with Crippen LogP contribution in [0.4, 0.5) is 0 Å². The van der Waals surface area contributed by atoms with Crippen LogP contribution >= 0.6 is 0 Å². The molecule has 3 unspecified atom stereocenters. The number of fused-ring (bicyclic) bond motifs is 1. The number of carbonyl (C=O) groups excluding carboxylic acids is 3. The molecule has 2 spiro atoms. The van der Waals surface area contributed by atoms with Crippen LogP contribution in [-0.2, 0) is 28.6 Å². The van der Waals surface area contributed by atoms with E-state index >= 15 is 0 Å². The van der Waals surface area contributed by atoms with Crippen molar-refractivity contribution in [2.24, 2.45) is 34.0 Å². The Morgan fingerprint density at radius 2 is 1.82 bits per heavy atom. The molecule has 10 nitrogen and oxygen atoms in total. The molecule has 6 aliphatic carbocycles. The van der Waals surface area contributed by atoms with E-state index in [4.69, 9.17) is 14.2 Å². The first-order valence-electron chi connectivity index (χ1n) is 14.3. The first kappa shape index (κ1) is 25.9. The number of hydrogen-bond acceptors (Lipinski definition) is 10. The van der Waals surface area contributed by atoms with E-state index in [-0.39, 0.29) is 24.3 Å². The van der Waals surface area contributed by atoms with Crippen LogP contribution in [0.15, 0.2) is 12.2 Å². The molecule has 6 saturated carbocycles. The van der Waals surface area contributed by atoms with Gasteiger partial charge < -0.3 is 29.5 Å². The number of piperidine rings is 2. The van der Waals surface area contributed by atoms with Crippen molar-refractivity contribution >= 4 is 17.9 Å². The van der Waals surface area contributed by atoms with Gasteiger partial charge in [-0.2, -0.15) is 0 Å². The normalized spacial score (nSPS) is 57.4. The summed E-state index contributed by atoms with van der Waals surface area (Å²) in [6.07, 6.45) is -2.79. The Hall–Kier alpha value is -2.01. The van der Waals surface area contributed by atoms with Gasteiger partial charge in [0.2, 0.25) is 0 Å². The van der Waals surface area contributed by atoms with Crippen LogP contribution in [0, 0.1) is 34.0 Å². The van der Waals surface area contributed by atoms with Crippen LogP contribution in [0.1, 0.15) is 60.3 Å². The number of esters is 3. The Morgan fingerprint density at radius 1 is 1.13 bits per heavy atom. The maximum absolute atomic E-state index is 13.2. The Bertz CT molecular complexity index is 1220. The number of carbonyl (C=O) groups is 3. The van der Waals surface area contributed by atoms with Crippen molar-refractivity contribution in [2.75, 3.05) is 6.54 Å². The predicted molar refractivity (Wildman–Crippen MR) is 134 cm³/mol. The monoisotopic (exact) mass is 545 g/mol. The molecule has 0 radical (unpaired) electrons. The highest BCUT2D eigenvalue weighted by atomic mass is 16.6. The smallest absolute Gasteiger partial charge is 0.309 e. The third-order valence-corrected chi connectivity index (χ3v) is 12.5. The van der Waals surface area contributed by atoms with Crippen molar-refractivity contribution in [2.45, 2.75) is 108 Å². The van der Waals surface area contributed by atoms with Crippen molar-refractivity contribution in [1.29, 1.82) is 0 Å². The Labute approximate surface area is 227 Å². The molecule has 3 heterocycles. The summed E-state index contributed by atoms with van der Waals surface area (Å²) in [6, 6.07) is -0.679. The summed E-state index contributed by atoms with van der Waals surface area (Å²) in [5.41, 5.74) is -5.45. The molecule has 3 N–H and O–H groups in total. The molecule has 9 rings (SSSR count). The van der Waals surface area contributed by atoms with Crippen molar-refractivity contribution in [3.05, 3.63) is 12.2 Å². The van der Waals surface area contributed by atoms with Gasteiger partial charge >= 0.3 is 17.9 Å². The summed E-state index contributed by atoms with van der Waals surface area (Å²) in [4.78, 5) is 40.7. The van der Waals surface area contributed by atoms with E-state index in [0.717, 1.165) is 0 Å². The predicted octanol–water partition coefficient (Wildman–Crippen LogP) is 0.703. The van der Waals surface area contributed by atoms with Gasteiger partial charge in [-0.1, -0.05) is 32.9 Å². The standard InChI is InChI=1S/C29H39NO9/c1-7-12(2)23(35)38-17-10-27-19-16-9-26-8-13(3)18(21(34)29(26,27)39-15(5)32)20(33)28(26,36)24(27)30(16)11-25(19,6)22(17)37-14(4)31/h12,16-22,24,33-34,36H,3,7-11H2,1-2,4-6H3/t12?,16-,17-,18+,19?,20-,21-,22-,24+,25+,26-,27-,28-,29+/m1/s1. The summed E-state index contributed by atoms with van der Waals surface area (Å²) in [6.45, 7) is 13.0. The van der Waals surface area contributed by atoms with Crippen molar-refractivity contribution < 1.29 is 43.9 Å². The second-order valence-electron chi connectivity index (χ2n) is 13.9. The van der Waals surface area contributed by atoms with E-state index in [1.54, 1.807) is 6.92 Å². The third-order valence-electron chi connectivity index (χ3n) is 12.5. The number of hydrogen-bond donors (Lipinski definition) is 3. The largest absolute Gasteiger partial charge is 0.458 e. The average molecular weight is 546 g/mol. The van der Waals surface area contributed by atoms with Crippen molar-refractivity contribution in [1.82, 2.24) is 4.90 Å². The van der Waals surface area contributed by atoms with Crippen LogP contribution in [0.25, 0.3) is 0 Å². The van der Waals surface area contributed by atoms with Crippen LogP contribution in [0.3, 0.4) is 0 Å². The molecule has 3 aliphatic heterocycles. The number of aliphatic hydroxyl groups is 3. The molecule has 0 aromatic heterocycles. The highest BCUT2D eigenvalue weighted by Crippen LogP contribution is 2.90. The lowest BCUT2D eigenvalue weighted by Crippen LogP contribution is -2.83. The quantitative estimate of drug-likeness (QED) is 0.257. The van der Waals surface area contributed by atoms with Gasteiger partial charge in [0.05, 0.1) is 23.5 Å². The minimum absolute atomic E-state index is 0.0462. The van der Waals surface area contributed by atoms with E-state index < -0.39 is 81.7 Å². The number of aliphatic hydroxyl groups excluding tert-OH is 2. The summed E-state index contributed by atoms with van der Waals surface area (Å²) >= 11 is 0. The molecule has 15 atom stereocenters. The summed E-state index contributed by atoms with van der Waals surface area (Å²) in [5.74, 6) is -2.96. The van der Waals surface area contributed by atoms with E-state index in [1.165, 1.54) is 13.8 Å². The third kappa shape index (κ3) is 2.32. The maximum Gasteiger partial charge on any atom is 0.309 e. The fraction of sp³-hybridized carbons (Fsp3) is 0.828. The second kappa shape index (κ2) is 7.24. The maximum atomic E-state index is 13.2. The molecule has 10 heteroatoms. The van der Waals surface area contributed by atoms with Crippen LogP contribution in [0.2, 0.25) is 0 Å². The van der Waals surface area contributed by atoms with E-state index in [1.807, 2.05) is 13.8 Å². The molecular weight excluding hydrogens is 506 g/mol. The average Bonchev–Trinajstić information content (AvgIpc) is 3.27. The Morgan fingerprint density at radius 3 is 2.44 bits per heavy atom. The van der Waals surface area contributed by atoms with Crippen LogP contribution in [0.5, 0.6) is 0 Å². The first-order chi connectivity index (χ1) is 18.2. The molecule has 0 amide bonds. The molecule has 0 aromatic rings. The van der Waals surface area contributed by atoms with E-state index in [9.17, 15) is 29.7 Å². The molecular formula is C29H39NO9. The van der Waals surface area contributed by atoms with Gasteiger partial charge in [0.1, 0.15) is 23.9 Å². The van der Waals surface area contributed by atoms with Gasteiger partial charge in [0.15, 0.2) is 5.60 Å². The van der Waals surface area contributed by atoms with Gasteiger partial charge in [-0.05, 0) is 31.6 Å². The molecule has 3 saturated heterocycles. The molecule has 0 aromatic carbocycles. The van der Waals surface area contributed by atoms with Gasteiger partial charge in [0.25, 0.3) is 0 Å². The SMILES string of the molecule is C=C1C[C@@]23C[C@@H]4C5[C@]6(C)CN4[C@@H]4[C@]2(O)[C@H](O)[C@H]1[C@@H](O)[C@@]3(OC(C)=O)[C@]54C[C@@H](OC(=O)C(C)CC)[C@H]6OC(C)=O. The fourth-order valence-corrected chi connectivity index (χ4v) is 11.8. The zero-order chi connectivity index (χ0) is 28.2. The fourth-order valence-electron chi connectivity index (χ4n) is 11.8. The molecule has 214 valence electrons. The Kier molecular flexibility index (Phi) is 4.82. The minimum atomic E-state index is -1.67. The van der Waals surface area contributed by atoms with Gasteiger partial charge in [-0.25, -0.2) is 0 Å². The lowest BCUT2D eigenvalue weighted by molar-refractivity contribution is -0.347. The van der Waals surface area contributed by atoms with Crippen molar-refractivity contribution in [3.8, 4) is 0 Å². The molecule has 39 heavy (non-hydrogen) atoms. The summed E-state index contributed by atoms with van der Waals surface area (Å²) < 4.78 is 18.5. The molecule has 9 bridgehead atoms. The first-order valence-corrected chi connectivity index (χ1v) is 14.3. The highest BCUT2D eigenvalue weighted by Gasteiger charge is 3.02. The zero-order valence-electron chi connectivity index (χ0n) is 23.2.